The predicted molar refractivity (Wildman–Crippen MR) is 74.9 cm³/mol. The molecule has 0 aromatic carbocycles. The van der Waals surface area contributed by atoms with E-state index in [1.165, 1.54) is 13.4 Å². The van der Waals surface area contributed by atoms with Crippen LogP contribution in [0.2, 0.25) is 0 Å². The van der Waals surface area contributed by atoms with Crippen LogP contribution in [0.15, 0.2) is 11.1 Å². The highest BCUT2D eigenvalue weighted by Gasteiger charge is 2.26. The van der Waals surface area contributed by atoms with Crippen LogP contribution in [0.3, 0.4) is 0 Å². The molecular weight excluding hydrogens is 244 g/mol. The van der Waals surface area contributed by atoms with Gasteiger partial charge in [-0.1, -0.05) is 6.92 Å². The number of anilines is 1. The highest BCUT2D eigenvalue weighted by atomic mass is 16.5. The van der Waals surface area contributed by atoms with E-state index >= 15 is 0 Å². The summed E-state index contributed by atoms with van der Waals surface area (Å²) in [6, 6.07) is 0.357. The molecular formula is C13H22N4O2. The van der Waals surface area contributed by atoms with Crippen LogP contribution in [0.1, 0.15) is 19.8 Å². The Morgan fingerprint density at radius 2 is 2.32 bits per heavy atom. The summed E-state index contributed by atoms with van der Waals surface area (Å²) in [4.78, 5) is 23.2. The molecule has 1 aromatic heterocycles. The lowest BCUT2D eigenvalue weighted by Gasteiger charge is -2.31. The molecule has 0 bridgehead atoms. The van der Waals surface area contributed by atoms with E-state index < -0.39 is 0 Å². The van der Waals surface area contributed by atoms with Crippen molar-refractivity contribution in [3.63, 3.8) is 0 Å². The third-order valence-corrected chi connectivity index (χ3v) is 3.64. The van der Waals surface area contributed by atoms with Gasteiger partial charge in [0.1, 0.15) is 0 Å². The third-order valence-electron chi connectivity index (χ3n) is 3.64. The first-order valence-corrected chi connectivity index (χ1v) is 6.74. The van der Waals surface area contributed by atoms with E-state index in [2.05, 4.69) is 33.7 Å². The molecule has 6 nitrogen and oxygen atoms in total. The first-order valence-electron chi connectivity index (χ1n) is 6.74. The van der Waals surface area contributed by atoms with Crippen LogP contribution < -0.4 is 15.2 Å². The highest BCUT2D eigenvalue weighted by molar-refractivity contribution is 5.51. The Labute approximate surface area is 113 Å². The monoisotopic (exact) mass is 266 g/mol. The van der Waals surface area contributed by atoms with Crippen molar-refractivity contribution in [1.29, 1.82) is 0 Å². The van der Waals surface area contributed by atoms with Gasteiger partial charge in [-0.15, -0.1) is 0 Å². The maximum absolute atomic E-state index is 11.8. The number of likely N-dealkylation sites (N-methyl/N-ethyl adjacent to an activating group) is 1. The van der Waals surface area contributed by atoms with E-state index in [9.17, 15) is 4.79 Å². The SMILES string of the molecule is CCC1CN(C)CCCN1c1nc[nH]c(=O)c1OC. The van der Waals surface area contributed by atoms with Gasteiger partial charge in [0.05, 0.1) is 13.4 Å². The molecule has 1 aromatic rings. The number of ether oxygens (including phenoxy) is 1. The summed E-state index contributed by atoms with van der Waals surface area (Å²) in [5.41, 5.74) is -0.222. The number of aromatic nitrogens is 2. The molecule has 1 fully saturated rings. The molecule has 1 atom stereocenters. The number of nitrogens with zero attached hydrogens (tertiary/aromatic N) is 3. The first-order chi connectivity index (χ1) is 9.17. The van der Waals surface area contributed by atoms with Gasteiger partial charge in [0.15, 0.2) is 5.82 Å². The zero-order valence-corrected chi connectivity index (χ0v) is 11.8. The molecule has 0 amide bonds. The van der Waals surface area contributed by atoms with Gasteiger partial charge in [-0.3, -0.25) is 4.79 Å². The van der Waals surface area contributed by atoms with Crippen molar-refractivity contribution >= 4 is 5.82 Å². The number of aromatic amines is 1. The Kier molecular flexibility index (Phi) is 4.42. The van der Waals surface area contributed by atoms with Gasteiger partial charge >= 0.3 is 0 Å². The summed E-state index contributed by atoms with van der Waals surface area (Å²) in [5.74, 6) is 0.971. The van der Waals surface area contributed by atoms with Crippen LogP contribution >= 0.6 is 0 Å². The second kappa shape index (κ2) is 6.06. The topological polar surface area (TPSA) is 61.5 Å². The van der Waals surface area contributed by atoms with Crippen LogP contribution in [-0.2, 0) is 0 Å². The molecule has 0 aliphatic carbocycles. The van der Waals surface area contributed by atoms with Crippen LogP contribution in [-0.4, -0.2) is 54.7 Å². The Morgan fingerprint density at radius 3 is 3.00 bits per heavy atom. The van der Waals surface area contributed by atoms with E-state index in [4.69, 9.17) is 4.74 Å². The van der Waals surface area contributed by atoms with Gasteiger partial charge in [0.2, 0.25) is 5.75 Å². The molecule has 0 saturated carbocycles. The summed E-state index contributed by atoms with van der Waals surface area (Å²) in [6.45, 7) is 5.11. The molecule has 1 unspecified atom stereocenters. The lowest BCUT2D eigenvalue weighted by atomic mass is 10.2. The van der Waals surface area contributed by atoms with Crippen molar-refractivity contribution in [1.82, 2.24) is 14.9 Å². The normalized spacial score (nSPS) is 21.2. The Hall–Kier alpha value is -1.56. The molecule has 1 aliphatic heterocycles. The molecule has 6 heteroatoms. The average molecular weight is 266 g/mol. The minimum atomic E-state index is -0.222. The average Bonchev–Trinajstić information content (AvgIpc) is 2.59. The number of methoxy groups -OCH3 is 1. The highest BCUT2D eigenvalue weighted by Crippen LogP contribution is 2.25. The van der Waals surface area contributed by atoms with E-state index in [-0.39, 0.29) is 5.56 Å². The molecule has 1 aliphatic rings. The molecule has 0 radical (unpaired) electrons. The van der Waals surface area contributed by atoms with Gasteiger partial charge in [-0.25, -0.2) is 4.98 Å². The fraction of sp³-hybridized carbons (Fsp3) is 0.692. The number of hydrogen-bond donors (Lipinski definition) is 1. The lowest BCUT2D eigenvalue weighted by Crippen LogP contribution is -2.41. The molecule has 1 N–H and O–H groups in total. The zero-order chi connectivity index (χ0) is 13.8. The third kappa shape index (κ3) is 2.89. The van der Waals surface area contributed by atoms with Crippen molar-refractivity contribution in [3.05, 3.63) is 16.7 Å². The predicted octanol–water partition coefficient (Wildman–Crippen LogP) is 0.699. The van der Waals surface area contributed by atoms with Crippen LogP contribution in [0.25, 0.3) is 0 Å². The van der Waals surface area contributed by atoms with E-state index in [1.54, 1.807) is 0 Å². The van der Waals surface area contributed by atoms with Gasteiger partial charge in [0.25, 0.3) is 5.56 Å². The van der Waals surface area contributed by atoms with E-state index in [1.807, 2.05) is 0 Å². The molecule has 2 heterocycles. The molecule has 106 valence electrons. The summed E-state index contributed by atoms with van der Waals surface area (Å²) >= 11 is 0. The summed E-state index contributed by atoms with van der Waals surface area (Å²) < 4.78 is 5.23. The first kappa shape index (κ1) is 13.9. The lowest BCUT2D eigenvalue weighted by molar-refractivity contribution is 0.327. The number of nitrogens with one attached hydrogen (secondary N) is 1. The molecule has 0 spiro atoms. The number of rotatable bonds is 3. The number of hydrogen-bond acceptors (Lipinski definition) is 5. The van der Waals surface area contributed by atoms with Crippen molar-refractivity contribution in [2.24, 2.45) is 0 Å². The van der Waals surface area contributed by atoms with Gasteiger partial charge in [-0.2, -0.15) is 0 Å². The van der Waals surface area contributed by atoms with Gasteiger partial charge in [0, 0.05) is 19.1 Å². The summed E-state index contributed by atoms with van der Waals surface area (Å²) in [7, 11) is 3.65. The second-order valence-electron chi connectivity index (χ2n) is 4.96. The maximum atomic E-state index is 11.8. The van der Waals surface area contributed by atoms with Crippen molar-refractivity contribution in [3.8, 4) is 5.75 Å². The maximum Gasteiger partial charge on any atom is 0.295 e. The largest absolute Gasteiger partial charge is 0.489 e. The van der Waals surface area contributed by atoms with E-state index in [0.29, 0.717) is 17.6 Å². The summed E-state index contributed by atoms with van der Waals surface area (Å²) in [5, 5.41) is 0. The quantitative estimate of drug-likeness (QED) is 0.872. The minimum absolute atomic E-state index is 0.222. The molecule has 2 rings (SSSR count). The minimum Gasteiger partial charge on any atom is -0.489 e. The van der Waals surface area contributed by atoms with Crippen LogP contribution in [0.4, 0.5) is 5.82 Å². The Bertz CT molecular complexity index is 474. The second-order valence-corrected chi connectivity index (χ2v) is 4.96. The van der Waals surface area contributed by atoms with Crippen molar-refractivity contribution in [2.75, 3.05) is 38.7 Å². The fourth-order valence-electron chi connectivity index (χ4n) is 2.64. The number of H-pyrrole nitrogens is 1. The smallest absolute Gasteiger partial charge is 0.295 e. The van der Waals surface area contributed by atoms with Crippen molar-refractivity contribution in [2.45, 2.75) is 25.8 Å². The Morgan fingerprint density at radius 1 is 1.53 bits per heavy atom. The van der Waals surface area contributed by atoms with E-state index in [0.717, 1.165) is 32.5 Å². The zero-order valence-electron chi connectivity index (χ0n) is 11.8. The van der Waals surface area contributed by atoms with Crippen molar-refractivity contribution < 1.29 is 4.74 Å². The fourth-order valence-corrected chi connectivity index (χ4v) is 2.64. The van der Waals surface area contributed by atoms with Gasteiger partial charge in [-0.05, 0) is 26.4 Å². The van der Waals surface area contributed by atoms with Crippen LogP contribution in [0.5, 0.6) is 5.75 Å². The van der Waals surface area contributed by atoms with Gasteiger partial charge < -0.3 is 19.5 Å². The molecule has 1 saturated heterocycles. The Balaban J connectivity index is 2.38. The standard InChI is InChI=1S/C13H22N4O2/c1-4-10-8-16(2)6-5-7-17(10)12-11(19-3)13(18)15-9-14-12/h9-10H,4-8H2,1-3H3,(H,14,15,18). The summed E-state index contributed by atoms with van der Waals surface area (Å²) in [6.07, 6.45) is 3.52. The van der Waals surface area contributed by atoms with Crippen LogP contribution in [0, 0.1) is 0 Å². The molecule has 19 heavy (non-hydrogen) atoms.